The predicted octanol–water partition coefficient (Wildman–Crippen LogP) is 6.10. The zero-order chi connectivity index (χ0) is 29.9. The molecule has 0 atom stereocenters. The fraction of sp³-hybridized carbons (Fsp3) is 0.0952. The average molecular weight is 733 g/mol. The molecule has 47 heavy (non-hydrogen) atoms. The molecular formula is C42H34Cl2O2Zr. The van der Waals surface area contributed by atoms with E-state index in [0.29, 0.717) is 0 Å². The summed E-state index contributed by atoms with van der Waals surface area (Å²) in [6.45, 7) is 4.22. The Morgan fingerprint density at radius 1 is 0.468 bits per heavy atom. The van der Waals surface area contributed by atoms with Crippen LogP contribution in [0.2, 0.25) is 0 Å². The summed E-state index contributed by atoms with van der Waals surface area (Å²) in [6.07, 6.45) is 1.85. The van der Waals surface area contributed by atoms with E-state index >= 15 is 0 Å². The van der Waals surface area contributed by atoms with Gasteiger partial charge in [0.2, 0.25) is 0 Å². The van der Waals surface area contributed by atoms with Gasteiger partial charge in [-0.3, -0.25) is 0 Å². The minimum absolute atomic E-state index is 0. The molecule has 8 aromatic rings. The van der Waals surface area contributed by atoms with E-state index in [1.54, 1.807) is 0 Å². The molecule has 0 fully saturated rings. The van der Waals surface area contributed by atoms with Gasteiger partial charge in [0.05, 0.1) is 23.0 Å². The van der Waals surface area contributed by atoms with Gasteiger partial charge in [0.25, 0.3) is 0 Å². The molecule has 232 valence electrons. The number of furan rings is 2. The Balaban J connectivity index is 0.000000200. The number of aryl methyl sites for hydroxylation is 2. The van der Waals surface area contributed by atoms with Gasteiger partial charge in [-0.1, -0.05) is 121 Å². The second-order valence-electron chi connectivity index (χ2n) is 11.1. The van der Waals surface area contributed by atoms with Crippen molar-refractivity contribution in [3.05, 3.63) is 157 Å². The summed E-state index contributed by atoms with van der Waals surface area (Å²) in [4.78, 5) is 0. The molecule has 0 aliphatic rings. The van der Waals surface area contributed by atoms with Crippen LogP contribution in [0.4, 0.5) is 0 Å². The maximum atomic E-state index is 5.89. The van der Waals surface area contributed by atoms with Crippen LogP contribution in [0.1, 0.15) is 25.4 Å². The van der Waals surface area contributed by atoms with E-state index in [4.69, 9.17) is 8.83 Å². The van der Waals surface area contributed by atoms with Crippen LogP contribution in [0.15, 0.2) is 154 Å². The maximum absolute atomic E-state index is 5.89. The topological polar surface area (TPSA) is 26.3 Å². The van der Waals surface area contributed by atoms with Crippen molar-refractivity contribution in [1.82, 2.24) is 0 Å². The Morgan fingerprint density at radius 2 is 0.872 bits per heavy atom. The summed E-state index contributed by atoms with van der Waals surface area (Å²) in [7, 11) is 0. The Morgan fingerprint density at radius 3 is 1.23 bits per heavy atom. The summed E-state index contributed by atoms with van der Waals surface area (Å²) in [6, 6.07) is 51.1. The number of hydrogen-bond acceptors (Lipinski definition) is 2. The normalized spacial score (nSPS) is 10.4. The van der Waals surface area contributed by atoms with E-state index in [9.17, 15) is 0 Å². The zero-order valence-electron chi connectivity index (χ0n) is 26.3. The fourth-order valence-electron chi connectivity index (χ4n) is 5.94. The molecule has 0 saturated heterocycles. The molecule has 8 rings (SSSR count). The summed E-state index contributed by atoms with van der Waals surface area (Å²) in [5.74, 6) is 3.96. The Labute approximate surface area is 308 Å². The fourth-order valence-corrected chi connectivity index (χ4v) is 5.94. The second-order valence-corrected chi connectivity index (χ2v) is 11.1. The molecule has 6 aromatic carbocycles. The zero-order valence-corrected chi connectivity index (χ0v) is 30.3. The summed E-state index contributed by atoms with van der Waals surface area (Å²) >= 11 is 0. The first kappa shape index (κ1) is 36.0. The molecule has 0 N–H and O–H groups in total. The Kier molecular flexibility index (Phi) is 12.5. The van der Waals surface area contributed by atoms with Crippen molar-refractivity contribution in [2.75, 3.05) is 0 Å². The molecule has 2 nitrogen and oxygen atoms in total. The van der Waals surface area contributed by atoms with E-state index in [-0.39, 0.29) is 51.0 Å². The Bertz CT molecular complexity index is 1990. The first-order valence-corrected chi connectivity index (χ1v) is 15.4. The van der Waals surface area contributed by atoms with Gasteiger partial charge in [0, 0.05) is 12.8 Å². The number of hydrogen-bond donors (Lipinski definition) is 0. The smallest absolute Gasteiger partial charge is 1.00 e. The van der Waals surface area contributed by atoms with Crippen LogP contribution in [0.3, 0.4) is 0 Å². The molecule has 0 radical (unpaired) electrons. The second kappa shape index (κ2) is 16.3. The number of fused-ring (bicyclic) bond motifs is 2. The first-order valence-electron chi connectivity index (χ1n) is 15.4. The molecule has 2 aromatic heterocycles. The molecule has 5 heteroatoms. The van der Waals surface area contributed by atoms with Gasteiger partial charge in [-0.05, 0) is 35.4 Å². The SMILES string of the molecule is CCc1ccc(-c2cc3c(-c4ccccc4)cccc3[cH-]2)o1.CCc1ccc(-c2cc3c(-c4ccccc4)cccc3[cH-]2)o1.[Cl-].[Cl-].[Zr+4]. The standard InChI is InChI=1S/2C21H17O.2ClH.Zr/c2*1-2-18-11-12-21(22-18)17-13-16-9-6-10-19(20(16)14-17)15-7-4-3-5-8-15;;;/h2*3-14H,2H2,1H3;2*1H;/q2*-1;;;+4/p-2. The minimum Gasteiger partial charge on any atom is -1.00 e. The molecule has 0 spiro atoms. The van der Waals surface area contributed by atoms with Crippen LogP contribution in [0.25, 0.3) is 66.4 Å². The van der Waals surface area contributed by atoms with E-state index in [0.717, 1.165) is 47.0 Å². The van der Waals surface area contributed by atoms with Gasteiger partial charge < -0.3 is 33.6 Å². The molecule has 2 heterocycles. The van der Waals surface area contributed by atoms with Gasteiger partial charge in [-0.15, -0.1) is 57.9 Å². The van der Waals surface area contributed by atoms with E-state index in [1.165, 1.54) is 43.8 Å². The van der Waals surface area contributed by atoms with E-state index in [1.807, 2.05) is 0 Å². The van der Waals surface area contributed by atoms with Crippen molar-refractivity contribution in [2.24, 2.45) is 0 Å². The molecule has 0 aliphatic carbocycles. The van der Waals surface area contributed by atoms with Gasteiger partial charge in [0.15, 0.2) is 0 Å². The van der Waals surface area contributed by atoms with Crippen LogP contribution < -0.4 is 24.8 Å². The molecule has 0 bridgehead atoms. The minimum atomic E-state index is 0. The third-order valence-corrected chi connectivity index (χ3v) is 8.26. The molecule has 0 amide bonds. The third-order valence-electron chi connectivity index (χ3n) is 8.26. The molecular weight excluding hydrogens is 699 g/mol. The number of benzene rings is 4. The monoisotopic (exact) mass is 730 g/mol. The van der Waals surface area contributed by atoms with Gasteiger partial charge in [-0.2, -0.15) is 0 Å². The van der Waals surface area contributed by atoms with Crippen LogP contribution in [-0.4, -0.2) is 0 Å². The van der Waals surface area contributed by atoms with Crippen LogP contribution in [-0.2, 0) is 39.0 Å². The van der Waals surface area contributed by atoms with Crippen LogP contribution >= 0.6 is 0 Å². The van der Waals surface area contributed by atoms with Gasteiger partial charge in [-0.25, -0.2) is 0 Å². The Hall–Kier alpha value is -3.88. The van der Waals surface area contributed by atoms with Gasteiger partial charge in [0.1, 0.15) is 0 Å². The predicted molar refractivity (Wildman–Crippen MR) is 184 cm³/mol. The van der Waals surface area contributed by atoms with Crippen molar-refractivity contribution in [2.45, 2.75) is 26.7 Å². The third kappa shape index (κ3) is 7.65. The summed E-state index contributed by atoms with van der Waals surface area (Å²) < 4.78 is 11.8. The van der Waals surface area contributed by atoms with Crippen molar-refractivity contribution < 1.29 is 59.9 Å². The summed E-state index contributed by atoms with van der Waals surface area (Å²) in [5.41, 5.74) is 7.34. The van der Waals surface area contributed by atoms with E-state index < -0.39 is 0 Å². The molecule has 0 saturated carbocycles. The molecule has 0 aliphatic heterocycles. The van der Waals surface area contributed by atoms with Crippen molar-refractivity contribution in [3.63, 3.8) is 0 Å². The van der Waals surface area contributed by atoms with Crippen molar-refractivity contribution in [3.8, 4) is 44.9 Å². The summed E-state index contributed by atoms with van der Waals surface area (Å²) in [5, 5.41) is 5.06. The molecule has 0 unspecified atom stereocenters. The number of halogens is 2. The van der Waals surface area contributed by atoms with Crippen molar-refractivity contribution >= 4 is 21.5 Å². The first-order chi connectivity index (χ1) is 21.7. The average Bonchev–Trinajstić information content (AvgIpc) is 3.90. The van der Waals surface area contributed by atoms with Crippen molar-refractivity contribution in [1.29, 1.82) is 0 Å². The maximum Gasteiger partial charge on any atom is 4.00 e. The number of rotatable bonds is 6. The van der Waals surface area contributed by atoms with Crippen LogP contribution in [0, 0.1) is 0 Å². The van der Waals surface area contributed by atoms with E-state index in [2.05, 4.69) is 159 Å². The quantitative estimate of drug-likeness (QED) is 0.193. The van der Waals surface area contributed by atoms with Crippen LogP contribution in [0.5, 0.6) is 0 Å². The van der Waals surface area contributed by atoms with Gasteiger partial charge >= 0.3 is 26.2 Å². The largest absolute Gasteiger partial charge is 4.00 e.